The number of aryl methyl sites for hydroxylation is 1. The number of carbonyl (C=O) groups excluding carboxylic acids is 1. The highest BCUT2D eigenvalue weighted by Gasteiger charge is 2.50. The number of hydrogen-bond acceptors (Lipinski definition) is 4. The number of hydrogen-bond donors (Lipinski definition) is 3. The van der Waals surface area contributed by atoms with E-state index in [9.17, 15) is 15.0 Å². The van der Waals surface area contributed by atoms with Gasteiger partial charge < -0.3 is 15.5 Å². The van der Waals surface area contributed by atoms with Gasteiger partial charge >= 0.3 is 0 Å². The molecule has 25 heavy (non-hydrogen) atoms. The zero-order valence-electron chi connectivity index (χ0n) is 13.5. The zero-order valence-corrected chi connectivity index (χ0v) is 13.5. The Bertz CT molecular complexity index is 918. The number of aromatic hydroxyl groups is 2. The average molecular weight is 332 g/mol. The highest BCUT2D eigenvalue weighted by atomic mass is 16.3. The summed E-state index contributed by atoms with van der Waals surface area (Å²) in [6.07, 6.45) is 3.41. The minimum atomic E-state index is -1.09. The average Bonchev–Trinajstić information content (AvgIpc) is 2.91. The minimum Gasteiger partial charge on any atom is -0.508 e. The molecule has 2 heterocycles. The van der Waals surface area contributed by atoms with Gasteiger partial charge in [0.2, 0.25) is 5.91 Å². The molecule has 3 N–H and O–H groups in total. The van der Waals surface area contributed by atoms with E-state index in [2.05, 4.69) is 10.3 Å². The van der Waals surface area contributed by atoms with Crippen molar-refractivity contribution in [1.29, 1.82) is 0 Å². The molecule has 1 aliphatic rings. The summed E-state index contributed by atoms with van der Waals surface area (Å²) >= 11 is 0. The Morgan fingerprint density at radius 3 is 1.92 bits per heavy atom. The van der Waals surface area contributed by atoms with Crippen LogP contribution in [0.4, 0.5) is 5.69 Å². The summed E-state index contributed by atoms with van der Waals surface area (Å²) in [7, 11) is 0. The molecule has 1 aromatic heterocycles. The number of aromatic nitrogens is 1. The first kappa shape index (κ1) is 15.2. The number of nitrogens with one attached hydrogen (secondary N) is 1. The van der Waals surface area contributed by atoms with Gasteiger partial charge in [-0.3, -0.25) is 9.78 Å². The second-order valence-corrected chi connectivity index (χ2v) is 6.18. The molecule has 4 rings (SSSR count). The van der Waals surface area contributed by atoms with E-state index >= 15 is 0 Å². The molecule has 0 saturated carbocycles. The van der Waals surface area contributed by atoms with Gasteiger partial charge in [-0.05, 0) is 47.9 Å². The lowest BCUT2D eigenvalue weighted by molar-refractivity contribution is -0.118. The number of nitrogens with zero attached hydrogens (tertiary/aromatic N) is 1. The molecule has 1 aliphatic heterocycles. The second-order valence-electron chi connectivity index (χ2n) is 6.18. The van der Waals surface area contributed by atoms with Crippen LogP contribution in [0.25, 0.3) is 0 Å². The summed E-state index contributed by atoms with van der Waals surface area (Å²) in [6.45, 7) is 1.90. The first-order chi connectivity index (χ1) is 12.0. The highest BCUT2D eigenvalue weighted by Crippen LogP contribution is 2.48. The van der Waals surface area contributed by atoms with Crippen molar-refractivity contribution < 1.29 is 15.0 Å². The van der Waals surface area contributed by atoms with Gasteiger partial charge in [0.05, 0.1) is 5.69 Å². The van der Waals surface area contributed by atoms with Crippen LogP contribution in [0.3, 0.4) is 0 Å². The molecule has 0 saturated heterocycles. The fourth-order valence-electron chi connectivity index (χ4n) is 3.51. The molecule has 0 bridgehead atoms. The van der Waals surface area contributed by atoms with E-state index in [0.29, 0.717) is 0 Å². The van der Waals surface area contributed by atoms with Crippen LogP contribution >= 0.6 is 0 Å². The molecular weight excluding hydrogens is 316 g/mol. The lowest BCUT2D eigenvalue weighted by atomic mass is 9.70. The Morgan fingerprint density at radius 2 is 1.40 bits per heavy atom. The van der Waals surface area contributed by atoms with E-state index in [-0.39, 0.29) is 17.4 Å². The zero-order chi connectivity index (χ0) is 17.6. The van der Waals surface area contributed by atoms with E-state index < -0.39 is 5.41 Å². The van der Waals surface area contributed by atoms with Crippen molar-refractivity contribution in [3.63, 3.8) is 0 Å². The van der Waals surface area contributed by atoms with Crippen molar-refractivity contribution in [2.75, 3.05) is 5.32 Å². The summed E-state index contributed by atoms with van der Waals surface area (Å²) in [5, 5.41) is 22.3. The molecule has 124 valence electrons. The maximum Gasteiger partial charge on any atom is 0.244 e. The number of benzene rings is 2. The summed E-state index contributed by atoms with van der Waals surface area (Å²) < 4.78 is 0. The number of phenolic OH excluding ortho intramolecular Hbond substituents is 2. The standard InChI is InChI=1S/C20H16N2O3/c1-12-10-21-11-17-18(12)22-19(25)20(17,13-2-6-15(23)7-3-13)14-4-8-16(24)9-5-14/h2-11,23-24H,1H3,(H,22,25). The van der Waals surface area contributed by atoms with Crippen LogP contribution in [0.5, 0.6) is 11.5 Å². The van der Waals surface area contributed by atoms with E-state index in [0.717, 1.165) is 27.9 Å². The maximum atomic E-state index is 13.2. The van der Waals surface area contributed by atoms with Gasteiger partial charge in [-0.15, -0.1) is 0 Å². The Kier molecular flexibility index (Phi) is 3.25. The van der Waals surface area contributed by atoms with Crippen LogP contribution in [0.1, 0.15) is 22.3 Å². The molecule has 5 nitrogen and oxygen atoms in total. The molecular formula is C20H16N2O3. The fraction of sp³-hybridized carbons (Fsp3) is 0.100. The number of fused-ring (bicyclic) bond motifs is 1. The number of carbonyl (C=O) groups is 1. The van der Waals surface area contributed by atoms with Gasteiger partial charge in [0.15, 0.2) is 0 Å². The van der Waals surface area contributed by atoms with Gasteiger partial charge in [-0.25, -0.2) is 0 Å². The molecule has 0 spiro atoms. The van der Waals surface area contributed by atoms with Crippen LogP contribution in [-0.4, -0.2) is 21.1 Å². The van der Waals surface area contributed by atoms with Crippen LogP contribution in [0.15, 0.2) is 60.9 Å². The molecule has 5 heteroatoms. The molecule has 3 aromatic rings. The fourth-order valence-corrected chi connectivity index (χ4v) is 3.51. The molecule has 0 unspecified atom stereocenters. The van der Waals surface area contributed by atoms with Crippen molar-refractivity contribution in [3.8, 4) is 11.5 Å². The Balaban J connectivity index is 2.08. The van der Waals surface area contributed by atoms with E-state index in [1.165, 1.54) is 0 Å². The number of phenols is 2. The van der Waals surface area contributed by atoms with Crippen LogP contribution in [0.2, 0.25) is 0 Å². The van der Waals surface area contributed by atoms with Crippen molar-refractivity contribution in [2.24, 2.45) is 0 Å². The SMILES string of the molecule is Cc1cncc2c1NC(=O)C2(c1ccc(O)cc1)c1ccc(O)cc1. The lowest BCUT2D eigenvalue weighted by Crippen LogP contribution is -2.37. The summed E-state index contributed by atoms with van der Waals surface area (Å²) in [5.74, 6) is 0.0752. The maximum absolute atomic E-state index is 13.2. The lowest BCUT2D eigenvalue weighted by Gasteiger charge is -2.28. The monoisotopic (exact) mass is 332 g/mol. The first-order valence-electron chi connectivity index (χ1n) is 7.89. The van der Waals surface area contributed by atoms with Gasteiger partial charge in [-0.2, -0.15) is 0 Å². The predicted octanol–water partition coefficient (Wildman–Crippen LogP) is 3.09. The normalized spacial score (nSPS) is 14.8. The topological polar surface area (TPSA) is 82.5 Å². The highest BCUT2D eigenvalue weighted by molar-refractivity contribution is 6.11. The van der Waals surface area contributed by atoms with Gasteiger partial charge in [0.25, 0.3) is 0 Å². The molecule has 0 atom stereocenters. The van der Waals surface area contributed by atoms with Gasteiger partial charge in [0.1, 0.15) is 16.9 Å². The van der Waals surface area contributed by atoms with E-state index in [4.69, 9.17) is 0 Å². The van der Waals surface area contributed by atoms with Gasteiger partial charge in [0, 0.05) is 18.0 Å². The number of rotatable bonds is 2. The first-order valence-corrected chi connectivity index (χ1v) is 7.89. The van der Waals surface area contributed by atoms with Crippen molar-refractivity contribution in [2.45, 2.75) is 12.3 Å². The predicted molar refractivity (Wildman–Crippen MR) is 93.7 cm³/mol. The third-order valence-electron chi connectivity index (χ3n) is 4.72. The van der Waals surface area contributed by atoms with Crippen LogP contribution < -0.4 is 5.32 Å². The van der Waals surface area contributed by atoms with E-state index in [1.807, 2.05) is 6.92 Å². The minimum absolute atomic E-state index is 0.130. The third-order valence-corrected chi connectivity index (χ3v) is 4.72. The molecule has 0 radical (unpaired) electrons. The summed E-state index contributed by atoms with van der Waals surface area (Å²) in [4.78, 5) is 17.5. The second kappa shape index (κ2) is 5.34. The van der Waals surface area contributed by atoms with Crippen LogP contribution in [-0.2, 0) is 10.2 Å². The van der Waals surface area contributed by atoms with Crippen molar-refractivity contribution >= 4 is 11.6 Å². The third kappa shape index (κ3) is 2.09. The number of pyridine rings is 1. The molecule has 0 fully saturated rings. The quantitative estimate of drug-likeness (QED) is 0.673. The molecule has 0 aliphatic carbocycles. The van der Waals surface area contributed by atoms with Crippen molar-refractivity contribution in [1.82, 2.24) is 4.98 Å². The smallest absolute Gasteiger partial charge is 0.244 e. The Morgan fingerprint density at radius 1 is 0.880 bits per heavy atom. The molecule has 2 aromatic carbocycles. The van der Waals surface area contributed by atoms with Gasteiger partial charge in [-0.1, -0.05) is 24.3 Å². The molecule has 1 amide bonds. The Labute approximate surface area is 144 Å². The number of amides is 1. The largest absolute Gasteiger partial charge is 0.508 e. The van der Waals surface area contributed by atoms with Crippen molar-refractivity contribution in [3.05, 3.63) is 83.2 Å². The summed E-state index contributed by atoms with van der Waals surface area (Å²) in [6, 6.07) is 13.2. The number of anilines is 1. The Hall–Kier alpha value is -3.34. The van der Waals surface area contributed by atoms with Crippen LogP contribution in [0, 0.1) is 6.92 Å². The summed E-state index contributed by atoms with van der Waals surface area (Å²) in [5.41, 5.74) is 2.75. The van der Waals surface area contributed by atoms with E-state index in [1.54, 1.807) is 60.9 Å².